The van der Waals surface area contributed by atoms with Crippen LogP contribution in [-0.2, 0) is 4.74 Å². The van der Waals surface area contributed by atoms with Crippen molar-refractivity contribution in [2.45, 2.75) is 39.5 Å². The molecule has 0 unspecified atom stereocenters. The lowest BCUT2D eigenvalue weighted by molar-refractivity contribution is 0.122. The number of unbranched alkanes of at least 4 members (excludes halogenated alkanes) is 3. The Kier molecular flexibility index (Phi) is 7.38. The molecule has 0 spiro atoms. The lowest BCUT2D eigenvalue weighted by atomic mass is 10.1. The van der Waals surface area contributed by atoms with Gasteiger partial charge in [-0.15, -0.1) is 0 Å². The van der Waals surface area contributed by atoms with E-state index in [2.05, 4.69) is 11.7 Å². The molecule has 0 aromatic heterocycles. The average Bonchev–Trinajstić information content (AvgIpc) is 2.63. The van der Waals surface area contributed by atoms with E-state index in [9.17, 15) is 4.79 Å². The highest BCUT2D eigenvalue weighted by Gasteiger charge is 2.17. The topological polar surface area (TPSA) is 54.0 Å². The summed E-state index contributed by atoms with van der Waals surface area (Å²) in [5.74, 6) is 1.64. The van der Waals surface area contributed by atoms with E-state index in [4.69, 9.17) is 14.2 Å². The lowest BCUT2D eigenvalue weighted by Gasteiger charge is -2.17. The van der Waals surface area contributed by atoms with E-state index in [1.165, 1.54) is 20.0 Å². The minimum absolute atomic E-state index is 0.393. The van der Waals surface area contributed by atoms with Gasteiger partial charge in [0, 0.05) is 16.8 Å². The van der Waals surface area contributed by atoms with Gasteiger partial charge in [0.1, 0.15) is 5.75 Å². The molecule has 0 aliphatic rings. The molecule has 2 rings (SSSR count). The molecule has 0 aliphatic carbocycles. The van der Waals surface area contributed by atoms with Crippen LogP contribution < -0.4 is 14.2 Å². The van der Waals surface area contributed by atoms with Crippen molar-refractivity contribution < 1.29 is 23.7 Å². The third-order valence-corrected chi connectivity index (χ3v) is 3.83. The normalized spacial score (nSPS) is 10.5. The molecule has 5 heteroatoms. The Morgan fingerprint density at radius 3 is 2.40 bits per heavy atom. The van der Waals surface area contributed by atoms with Crippen LogP contribution in [0.3, 0.4) is 0 Å². The molecule has 0 saturated carbocycles. The van der Waals surface area contributed by atoms with E-state index in [-0.39, 0.29) is 0 Å². The predicted octanol–water partition coefficient (Wildman–Crippen LogP) is 5.34. The molecule has 5 nitrogen and oxygen atoms in total. The minimum Gasteiger partial charge on any atom is -0.490 e. The summed E-state index contributed by atoms with van der Waals surface area (Å²) in [6.07, 6.45) is 3.76. The fourth-order valence-corrected chi connectivity index (χ4v) is 2.62. The number of hydrogen-bond donors (Lipinski definition) is 0. The number of carbonyl (C=O) groups is 1. The zero-order valence-electron chi connectivity index (χ0n) is 15.2. The number of ether oxygens (including phenoxy) is 4. The van der Waals surface area contributed by atoms with Gasteiger partial charge in [-0.25, -0.2) is 4.79 Å². The van der Waals surface area contributed by atoms with Crippen molar-refractivity contribution in [3.63, 3.8) is 0 Å². The number of rotatable bonds is 9. The molecule has 0 fully saturated rings. The zero-order valence-corrected chi connectivity index (χ0v) is 15.2. The smallest absolute Gasteiger partial charge is 0.490 e. The van der Waals surface area contributed by atoms with Gasteiger partial charge in [-0.05, 0) is 13.3 Å². The van der Waals surface area contributed by atoms with Crippen LogP contribution in [-0.4, -0.2) is 26.5 Å². The maximum atomic E-state index is 11.5. The Morgan fingerprint density at radius 2 is 1.72 bits per heavy atom. The number of benzene rings is 2. The molecule has 0 atom stereocenters. The first kappa shape index (κ1) is 18.9. The Bertz CT molecular complexity index is 696. The van der Waals surface area contributed by atoms with Gasteiger partial charge in [0.05, 0.1) is 20.3 Å². The molecule has 0 radical (unpaired) electrons. The maximum Gasteiger partial charge on any atom is 0.513 e. The van der Waals surface area contributed by atoms with Gasteiger partial charge in [0.15, 0.2) is 11.5 Å². The predicted molar refractivity (Wildman–Crippen MR) is 97.8 cm³/mol. The van der Waals surface area contributed by atoms with Crippen molar-refractivity contribution in [2.24, 2.45) is 0 Å². The molecule has 0 aliphatic heterocycles. The van der Waals surface area contributed by atoms with E-state index in [1.807, 2.05) is 31.2 Å². The van der Waals surface area contributed by atoms with Crippen LogP contribution >= 0.6 is 0 Å². The summed E-state index contributed by atoms with van der Waals surface area (Å²) in [6.45, 7) is 5.20. The second kappa shape index (κ2) is 9.77. The van der Waals surface area contributed by atoms with Crippen molar-refractivity contribution in [3.8, 4) is 17.2 Å². The van der Waals surface area contributed by atoms with Gasteiger partial charge in [-0.2, -0.15) is 0 Å². The fourth-order valence-electron chi connectivity index (χ4n) is 2.62. The molecule has 0 heterocycles. The summed E-state index contributed by atoms with van der Waals surface area (Å²) in [7, 11) is 1.28. The summed E-state index contributed by atoms with van der Waals surface area (Å²) in [5, 5.41) is 1.63. The summed E-state index contributed by atoms with van der Waals surface area (Å²) in [6, 6.07) is 9.31. The molecule has 25 heavy (non-hydrogen) atoms. The average molecular weight is 346 g/mol. The fraction of sp³-hybridized carbons (Fsp3) is 0.450. The van der Waals surface area contributed by atoms with Crippen LogP contribution in [0.25, 0.3) is 10.8 Å². The van der Waals surface area contributed by atoms with Crippen LogP contribution in [0, 0.1) is 0 Å². The first-order valence-corrected chi connectivity index (χ1v) is 8.78. The minimum atomic E-state index is -0.763. The summed E-state index contributed by atoms with van der Waals surface area (Å²) in [4.78, 5) is 11.5. The monoisotopic (exact) mass is 346 g/mol. The zero-order chi connectivity index (χ0) is 18.1. The SMILES string of the molecule is CCCCCCOc1c(OCC)cc(OC(=O)OC)c2ccccc12. The van der Waals surface area contributed by atoms with Gasteiger partial charge in [-0.3, -0.25) is 0 Å². The van der Waals surface area contributed by atoms with Crippen LogP contribution in [0.2, 0.25) is 0 Å². The summed E-state index contributed by atoms with van der Waals surface area (Å²) < 4.78 is 21.6. The molecular formula is C20H26O5. The number of carbonyl (C=O) groups excluding carboxylic acids is 1. The summed E-state index contributed by atoms with van der Waals surface area (Å²) in [5.41, 5.74) is 0. The quantitative estimate of drug-likeness (QED) is 0.348. The standard InChI is InChI=1S/C20H26O5/c1-4-6-7-10-13-24-19-16-12-9-8-11-15(16)17(25-20(21)22-3)14-18(19)23-5-2/h8-9,11-12,14H,4-7,10,13H2,1-3H3. The Balaban J connectivity index is 2.36. The third-order valence-electron chi connectivity index (χ3n) is 3.83. The van der Waals surface area contributed by atoms with Crippen LogP contribution in [0.15, 0.2) is 30.3 Å². The van der Waals surface area contributed by atoms with E-state index < -0.39 is 6.16 Å². The van der Waals surface area contributed by atoms with Crippen LogP contribution in [0.5, 0.6) is 17.2 Å². The van der Waals surface area contributed by atoms with E-state index in [0.717, 1.165) is 23.6 Å². The van der Waals surface area contributed by atoms with Crippen molar-refractivity contribution in [1.82, 2.24) is 0 Å². The van der Waals surface area contributed by atoms with Gasteiger partial charge in [0.25, 0.3) is 0 Å². The van der Waals surface area contributed by atoms with Crippen molar-refractivity contribution in [1.29, 1.82) is 0 Å². The Labute approximate surface area is 148 Å². The van der Waals surface area contributed by atoms with Gasteiger partial charge in [0.2, 0.25) is 0 Å². The van der Waals surface area contributed by atoms with E-state index >= 15 is 0 Å². The van der Waals surface area contributed by atoms with E-state index in [0.29, 0.717) is 30.5 Å². The molecule has 0 N–H and O–H groups in total. The first-order chi connectivity index (χ1) is 12.2. The highest BCUT2D eigenvalue weighted by atomic mass is 16.7. The molecular weight excluding hydrogens is 320 g/mol. The van der Waals surface area contributed by atoms with Crippen LogP contribution in [0.4, 0.5) is 4.79 Å². The van der Waals surface area contributed by atoms with Gasteiger partial charge >= 0.3 is 6.16 Å². The Morgan fingerprint density at radius 1 is 0.960 bits per heavy atom. The molecule has 0 saturated heterocycles. The highest BCUT2D eigenvalue weighted by Crippen LogP contribution is 2.42. The van der Waals surface area contributed by atoms with Gasteiger partial charge < -0.3 is 18.9 Å². The second-order valence-electron chi connectivity index (χ2n) is 5.65. The second-order valence-corrected chi connectivity index (χ2v) is 5.65. The van der Waals surface area contributed by atoms with Gasteiger partial charge in [-0.1, -0.05) is 50.5 Å². The molecule has 136 valence electrons. The highest BCUT2D eigenvalue weighted by molar-refractivity contribution is 5.96. The third kappa shape index (κ3) is 5.02. The lowest BCUT2D eigenvalue weighted by Crippen LogP contribution is -2.09. The Hall–Kier alpha value is -2.43. The number of fused-ring (bicyclic) bond motifs is 1. The maximum absolute atomic E-state index is 11.5. The van der Waals surface area contributed by atoms with Crippen LogP contribution in [0.1, 0.15) is 39.5 Å². The van der Waals surface area contributed by atoms with Crippen molar-refractivity contribution in [2.75, 3.05) is 20.3 Å². The van der Waals surface area contributed by atoms with Crippen molar-refractivity contribution >= 4 is 16.9 Å². The molecule has 2 aromatic carbocycles. The first-order valence-electron chi connectivity index (χ1n) is 8.78. The largest absolute Gasteiger partial charge is 0.513 e. The molecule has 0 bridgehead atoms. The molecule has 2 aromatic rings. The number of hydrogen-bond acceptors (Lipinski definition) is 5. The van der Waals surface area contributed by atoms with Crippen molar-refractivity contribution in [3.05, 3.63) is 30.3 Å². The number of methoxy groups -OCH3 is 1. The molecule has 0 amide bonds. The summed E-state index contributed by atoms with van der Waals surface area (Å²) >= 11 is 0. The van der Waals surface area contributed by atoms with E-state index in [1.54, 1.807) is 6.07 Å².